The summed E-state index contributed by atoms with van der Waals surface area (Å²) in [6, 6.07) is 1.57. The lowest BCUT2D eigenvalue weighted by Crippen LogP contribution is -2.39. The third kappa shape index (κ3) is 3.18. The van der Waals surface area contributed by atoms with E-state index in [1.807, 2.05) is 6.92 Å². The van der Waals surface area contributed by atoms with Gasteiger partial charge in [-0.1, -0.05) is 18.5 Å². The SMILES string of the molecule is CCC(CN)NC(=O)c1ccncc1Cl. The van der Waals surface area contributed by atoms with Gasteiger partial charge in [0.2, 0.25) is 0 Å². The minimum absolute atomic E-state index is 0.0123. The number of amides is 1. The van der Waals surface area contributed by atoms with Crippen molar-refractivity contribution in [2.45, 2.75) is 19.4 Å². The molecule has 15 heavy (non-hydrogen) atoms. The molecule has 0 saturated carbocycles. The fourth-order valence-electron chi connectivity index (χ4n) is 1.15. The van der Waals surface area contributed by atoms with Gasteiger partial charge in [-0.15, -0.1) is 0 Å². The topological polar surface area (TPSA) is 68.0 Å². The van der Waals surface area contributed by atoms with Crippen molar-refractivity contribution >= 4 is 17.5 Å². The predicted molar refractivity (Wildman–Crippen MR) is 59.8 cm³/mol. The van der Waals surface area contributed by atoms with Gasteiger partial charge in [0.15, 0.2) is 0 Å². The zero-order chi connectivity index (χ0) is 11.3. The van der Waals surface area contributed by atoms with Crippen molar-refractivity contribution in [1.29, 1.82) is 0 Å². The van der Waals surface area contributed by atoms with Crippen molar-refractivity contribution in [2.75, 3.05) is 6.54 Å². The summed E-state index contributed by atoms with van der Waals surface area (Å²) >= 11 is 5.83. The second-order valence-electron chi connectivity index (χ2n) is 3.17. The minimum atomic E-state index is -0.209. The maximum Gasteiger partial charge on any atom is 0.253 e. The molecule has 0 aliphatic carbocycles. The lowest BCUT2D eigenvalue weighted by molar-refractivity contribution is 0.0937. The van der Waals surface area contributed by atoms with E-state index >= 15 is 0 Å². The molecule has 0 fully saturated rings. The van der Waals surface area contributed by atoms with Gasteiger partial charge in [0.05, 0.1) is 10.6 Å². The first-order chi connectivity index (χ1) is 7.19. The molecule has 0 spiro atoms. The second kappa shape index (κ2) is 5.68. The van der Waals surface area contributed by atoms with Crippen molar-refractivity contribution in [3.8, 4) is 0 Å². The van der Waals surface area contributed by atoms with Crippen molar-refractivity contribution < 1.29 is 4.79 Å². The van der Waals surface area contributed by atoms with E-state index in [0.29, 0.717) is 17.1 Å². The summed E-state index contributed by atoms with van der Waals surface area (Å²) in [6.07, 6.45) is 3.77. The molecule has 0 aliphatic heterocycles. The average Bonchev–Trinajstić information content (AvgIpc) is 2.26. The third-order valence-electron chi connectivity index (χ3n) is 2.13. The zero-order valence-corrected chi connectivity index (χ0v) is 9.29. The molecule has 5 heteroatoms. The maximum atomic E-state index is 11.7. The van der Waals surface area contributed by atoms with Gasteiger partial charge in [0, 0.05) is 25.0 Å². The van der Waals surface area contributed by atoms with Crippen LogP contribution in [-0.2, 0) is 0 Å². The van der Waals surface area contributed by atoms with Crippen molar-refractivity contribution in [2.24, 2.45) is 5.73 Å². The van der Waals surface area contributed by atoms with Gasteiger partial charge in [-0.25, -0.2) is 0 Å². The molecule has 0 saturated heterocycles. The molecule has 1 heterocycles. The number of halogens is 1. The van der Waals surface area contributed by atoms with E-state index in [4.69, 9.17) is 17.3 Å². The van der Waals surface area contributed by atoms with Crippen LogP contribution in [0, 0.1) is 0 Å². The standard InChI is InChI=1S/C10H14ClN3O/c1-2-7(5-12)14-10(15)8-3-4-13-6-9(8)11/h3-4,6-7H,2,5,12H2,1H3,(H,14,15). The van der Waals surface area contributed by atoms with Crippen molar-refractivity contribution in [3.05, 3.63) is 29.0 Å². The van der Waals surface area contributed by atoms with Gasteiger partial charge in [-0.05, 0) is 12.5 Å². The number of aromatic nitrogens is 1. The van der Waals surface area contributed by atoms with E-state index in [9.17, 15) is 4.79 Å². The summed E-state index contributed by atoms with van der Waals surface area (Å²) < 4.78 is 0. The first-order valence-electron chi connectivity index (χ1n) is 4.79. The van der Waals surface area contributed by atoms with E-state index in [1.54, 1.807) is 6.07 Å². The minimum Gasteiger partial charge on any atom is -0.348 e. The van der Waals surface area contributed by atoms with E-state index in [2.05, 4.69) is 10.3 Å². The van der Waals surface area contributed by atoms with E-state index in [-0.39, 0.29) is 11.9 Å². The summed E-state index contributed by atoms with van der Waals surface area (Å²) in [4.78, 5) is 15.5. The largest absolute Gasteiger partial charge is 0.348 e. The molecule has 0 radical (unpaired) electrons. The Hall–Kier alpha value is -1.13. The van der Waals surface area contributed by atoms with Gasteiger partial charge in [-0.3, -0.25) is 9.78 Å². The van der Waals surface area contributed by atoms with Gasteiger partial charge in [0.25, 0.3) is 5.91 Å². The number of hydrogen-bond donors (Lipinski definition) is 2. The molecule has 1 amide bonds. The van der Waals surface area contributed by atoms with E-state index in [1.165, 1.54) is 12.4 Å². The third-order valence-corrected chi connectivity index (χ3v) is 2.43. The molecule has 1 aromatic heterocycles. The molecule has 0 aliphatic rings. The van der Waals surface area contributed by atoms with Gasteiger partial charge < -0.3 is 11.1 Å². The molecule has 0 aromatic carbocycles. The number of nitrogens with one attached hydrogen (secondary N) is 1. The maximum absolute atomic E-state index is 11.7. The van der Waals surface area contributed by atoms with Crippen LogP contribution in [0.1, 0.15) is 23.7 Å². The fraction of sp³-hybridized carbons (Fsp3) is 0.400. The molecule has 82 valence electrons. The monoisotopic (exact) mass is 227 g/mol. The zero-order valence-electron chi connectivity index (χ0n) is 8.53. The van der Waals surface area contributed by atoms with Crippen molar-refractivity contribution in [3.63, 3.8) is 0 Å². The van der Waals surface area contributed by atoms with Crippen LogP contribution in [0.3, 0.4) is 0 Å². The smallest absolute Gasteiger partial charge is 0.253 e. The number of nitrogens with two attached hydrogens (primary N) is 1. The van der Waals surface area contributed by atoms with Crippen LogP contribution in [0.15, 0.2) is 18.5 Å². The lowest BCUT2D eigenvalue weighted by Gasteiger charge is -2.14. The van der Waals surface area contributed by atoms with Crippen LogP contribution in [0.2, 0.25) is 5.02 Å². The highest BCUT2D eigenvalue weighted by Crippen LogP contribution is 2.13. The van der Waals surface area contributed by atoms with Gasteiger partial charge in [-0.2, -0.15) is 0 Å². The fourth-order valence-corrected chi connectivity index (χ4v) is 1.36. The number of carbonyl (C=O) groups excluding carboxylic acids is 1. The van der Waals surface area contributed by atoms with Crippen LogP contribution in [0.5, 0.6) is 0 Å². The first-order valence-corrected chi connectivity index (χ1v) is 5.17. The lowest BCUT2D eigenvalue weighted by atomic mass is 10.2. The summed E-state index contributed by atoms with van der Waals surface area (Å²) in [7, 11) is 0. The van der Waals surface area contributed by atoms with Crippen LogP contribution in [0.25, 0.3) is 0 Å². The quantitative estimate of drug-likeness (QED) is 0.812. The highest BCUT2D eigenvalue weighted by atomic mass is 35.5. The number of hydrogen-bond acceptors (Lipinski definition) is 3. The van der Waals surface area contributed by atoms with Crippen LogP contribution >= 0.6 is 11.6 Å². The Kier molecular flexibility index (Phi) is 4.52. The Morgan fingerprint density at radius 2 is 2.47 bits per heavy atom. The summed E-state index contributed by atoms with van der Waals surface area (Å²) in [5, 5.41) is 3.15. The van der Waals surface area contributed by atoms with E-state index < -0.39 is 0 Å². The average molecular weight is 228 g/mol. The molecule has 4 nitrogen and oxygen atoms in total. The van der Waals surface area contributed by atoms with Crippen LogP contribution < -0.4 is 11.1 Å². The Bertz CT molecular complexity index is 339. The predicted octanol–water partition coefficient (Wildman–Crippen LogP) is 1.20. The summed E-state index contributed by atoms with van der Waals surface area (Å²) in [6.45, 7) is 2.39. The summed E-state index contributed by atoms with van der Waals surface area (Å²) in [5.41, 5.74) is 5.92. The highest BCUT2D eigenvalue weighted by molar-refractivity contribution is 6.33. The van der Waals surface area contributed by atoms with Crippen LogP contribution in [0.4, 0.5) is 0 Å². The Labute approximate surface area is 93.8 Å². The second-order valence-corrected chi connectivity index (χ2v) is 3.58. The molecular formula is C10H14ClN3O. The number of carbonyl (C=O) groups is 1. The molecule has 3 N–H and O–H groups in total. The summed E-state index contributed by atoms with van der Waals surface area (Å²) in [5.74, 6) is -0.209. The number of pyridine rings is 1. The Morgan fingerprint density at radius 3 is 3.00 bits per heavy atom. The van der Waals surface area contributed by atoms with Gasteiger partial charge >= 0.3 is 0 Å². The molecule has 1 rings (SSSR count). The molecule has 1 aromatic rings. The van der Waals surface area contributed by atoms with Gasteiger partial charge in [0.1, 0.15) is 0 Å². The Balaban J connectivity index is 2.73. The Morgan fingerprint density at radius 1 is 1.73 bits per heavy atom. The molecule has 0 bridgehead atoms. The molecule has 1 atom stereocenters. The highest BCUT2D eigenvalue weighted by Gasteiger charge is 2.13. The van der Waals surface area contributed by atoms with Crippen molar-refractivity contribution in [1.82, 2.24) is 10.3 Å². The van der Waals surface area contributed by atoms with E-state index in [0.717, 1.165) is 6.42 Å². The molecular weight excluding hydrogens is 214 g/mol. The molecule has 1 unspecified atom stereocenters. The number of rotatable bonds is 4. The number of nitrogens with zero attached hydrogens (tertiary/aromatic N) is 1. The normalized spacial score (nSPS) is 12.2. The van der Waals surface area contributed by atoms with Crippen LogP contribution in [-0.4, -0.2) is 23.5 Å². The first kappa shape index (κ1) is 11.9.